The van der Waals surface area contributed by atoms with Crippen molar-refractivity contribution in [2.75, 3.05) is 11.9 Å². The van der Waals surface area contributed by atoms with Crippen LogP contribution in [0.2, 0.25) is 0 Å². The van der Waals surface area contributed by atoms with Gasteiger partial charge in [-0.25, -0.2) is 9.79 Å². The molecule has 2 amide bonds. The van der Waals surface area contributed by atoms with E-state index in [1.54, 1.807) is 6.92 Å². The number of nitrogens with zero attached hydrogens (tertiary/aromatic N) is 2. The molecule has 1 fully saturated rings. The number of amides is 2. The van der Waals surface area contributed by atoms with Crippen LogP contribution in [0.4, 0.5) is 20.2 Å². The van der Waals surface area contributed by atoms with Crippen molar-refractivity contribution in [1.82, 2.24) is 4.90 Å². The molecule has 0 bridgehead atoms. The first-order valence-electron chi connectivity index (χ1n) is 9.61. The molecular weight excluding hydrogens is 480 g/mol. The van der Waals surface area contributed by atoms with Gasteiger partial charge in [0.2, 0.25) is 11.8 Å². The maximum absolute atomic E-state index is 12.8. The molecule has 3 rings (SSSR count). The Hall–Kier alpha value is -3.18. The largest absolute Gasteiger partial charge is 0.487 e. The number of thioether (sulfide) groups is 1. The second-order valence-electron chi connectivity index (χ2n) is 6.76. The summed E-state index contributed by atoms with van der Waals surface area (Å²) in [5, 5.41) is 11.1. The minimum atomic E-state index is -3.84. The average molecular weight is 498 g/mol. The van der Waals surface area contributed by atoms with Crippen molar-refractivity contribution < 1.29 is 33.0 Å². The molecule has 0 radical (unpaired) electrons. The quantitative estimate of drug-likeness (QED) is 0.544. The van der Waals surface area contributed by atoms with Crippen LogP contribution in [-0.4, -0.2) is 50.3 Å². The van der Waals surface area contributed by atoms with Crippen molar-refractivity contribution >= 4 is 57.7 Å². The highest BCUT2D eigenvalue weighted by Crippen LogP contribution is 2.31. The van der Waals surface area contributed by atoms with Gasteiger partial charge in [-0.3, -0.25) is 14.5 Å². The minimum absolute atomic E-state index is 0.0475. The highest BCUT2D eigenvalue weighted by molar-refractivity contribution is 8.15. The van der Waals surface area contributed by atoms with E-state index in [1.807, 2.05) is 0 Å². The molecule has 8 nitrogen and oxygen atoms in total. The van der Waals surface area contributed by atoms with Crippen LogP contribution >= 0.6 is 23.4 Å². The Labute approximate surface area is 196 Å². The van der Waals surface area contributed by atoms with E-state index in [0.29, 0.717) is 17.9 Å². The van der Waals surface area contributed by atoms with Crippen molar-refractivity contribution in [3.8, 4) is 5.75 Å². The number of carboxylic acids is 1. The van der Waals surface area contributed by atoms with Crippen molar-refractivity contribution in [3.05, 3.63) is 54.1 Å². The number of anilines is 1. The van der Waals surface area contributed by atoms with Gasteiger partial charge in [-0.05, 0) is 55.5 Å². The summed E-state index contributed by atoms with van der Waals surface area (Å²) in [6.45, 7) is 2.09. The van der Waals surface area contributed by atoms with E-state index in [1.165, 1.54) is 53.4 Å². The Morgan fingerprint density at radius 1 is 1.24 bits per heavy atom. The molecule has 1 saturated heterocycles. The van der Waals surface area contributed by atoms with Gasteiger partial charge < -0.3 is 15.2 Å². The zero-order valence-electron chi connectivity index (χ0n) is 17.1. The van der Waals surface area contributed by atoms with Crippen LogP contribution in [0.5, 0.6) is 5.75 Å². The van der Waals surface area contributed by atoms with E-state index >= 15 is 0 Å². The number of amidine groups is 1. The number of carbonyl (C=O) groups excluding carboxylic acids is 2. The van der Waals surface area contributed by atoms with Gasteiger partial charge in [-0.2, -0.15) is 0 Å². The highest BCUT2D eigenvalue weighted by atomic mass is 35.5. The Morgan fingerprint density at radius 2 is 1.88 bits per heavy atom. The lowest BCUT2D eigenvalue weighted by Gasteiger charge is -2.30. The summed E-state index contributed by atoms with van der Waals surface area (Å²) < 4.78 is 29.8. The molecular formula is C21H18ClF2N3O5S. The maximum atomic E-state index is 12.8. The zero-order valence-corrected chi connectivity index (χ0v) is 18.7. The molecule has 1 aliphatic heterocycles. The summed E-state index contributed by atoms with van der Waals surface area (Å²) >= 11 is 5.84. The number of carboxylic acid groups (broad SMARTS) is 1. The third-order valence-electron chi connectivity index (χ3n) is 4.44. The third kappa shape index (κ3) is 6.65. The minimum Gasteiger partial charge on any atom is -0.478 e. The average Bonchev–Trinajstić information content (AvgIpc) is 2.74. The van der Waals surface area contributed by atoms with E-state index in [2.05, 4.69) is 15.0 Å². The standard InChI is InChI=1S/C21H18ClF2N3O5S/c1-2-27-17(28)11-16(18(29)25-13-5-3-12(4-6-13)19(30)31)33-20(27)26-14-7-9-15(10-8-14)32-21(22,23)24/h3-10,16H,2,11H2,1H3,(H,25,29)(H,30,31)/t16-/m1/s1. The van der Waals surface area contributed by atoms with Gasteiger partial charge in [-0.15, -0.1) is 8.78 Å². The van der Waals surface area contributed by atoms with Gasteiger partial charge in [-0.1, -0.05) is 11.8 Å². The molecule has 2 aromatic rings. The molecule has 12 heteroatoms. The number of aromatic carboxylic acids is 1. The van der Waals surface area contributed by atoms with E-state index in [-0.39, 0.29) is 28.8 Å². The summed E-state index contributed by atoms with van der Waals surface area (Å²) in [5.41, 5.74) is -3.01. The number of halogens is 3. The Kier molecular flexibility index (Phi) is 7.54. The molecule has 174 valence electrons. The SMILES string of the molecule is CCN1C(=O)C[C@H](C(=O)Nc2ccc(C(=O)O)cc2)SC1=Nc1ccc(OC(F)(F)Cl)cc1. The number of carbonyl (C=O) groups is 3. The monoisotopic (exact) mass is 497 g/mol. The van der Waals surface area contributed by atoms with Gasteiger partial charge in [0.05, 0.1) is 11.3 Å². The Bertz CT molecular complexity index is 1070. The van der Waals surface area contributed by atoms with Gasteiger partial charge in [0.1, 0.15) is 11.0 Å². The summed E-state index contributed by atoms with van der Waals surface area (Å²) in [6.07, 6.45) is -0.0475. The lowest BCUT2D eigenvalue weighted by molar-refractivity contribution is -0.129. The first kappa shape index (κ1) is 24.5. The summed E-state index contributed by atoms with van der Waals surface area (Å²) in [6, 6.07) is 11.0. The van der Waals surface area contributed by atoms with E-state index < -0.39 is 22.7 Å². The lowest BCUT2D eigenvalue weighted by Crippen LogP contribution is -2.45. The second-order valence-corrected chi connectivity index (χ2v) is 8.37. The molecule has 1 heterocycles. The van der Waals surface area contributed by atoms with Crippen LogP contribution < -0.4 is 10.1 Å². The third-order valence-corrected chi connectivity index (χ3v) is 5.71. The Balaban J connectivity index is 1.75. The molecule has 0 aliphatic carbocycles. The molecule has 33 heavy (non-hydrogen) atoms. The molecule has 1 atom stereocenters. The number of hydrogen-bond acceptors (Lipinski definition) is 6. The fourth-order valence-corrected chi connectivity index (χ4v) is 4.16. The highest BCUT2D eigenvalue weighted by Gasteiger charge is 2.35. The predicted octanol–water partition coefficient (Wildman–Crippen LogP) is 4.53. The van der Waals surface area contributed by atoms with Gasteiger partial charge >= 0.3 is 11.5 Å². The van der Waals surface area contributed by atoms with Crippen molar-refractivity contribution in [3.63, 3.8) is 0 Å². The topological polar surface area (TPSA) is 108 Å². The zero-order chi connectivity index (χ0) is 24.2. The number of benzene rings is 2. The smallest absolute Gasteiger partial charge is 0.478 e. The lowest BCUT2D eigenvalue weighted by atomic mass is 10.2. The van der Waals surface area contributed by atoms with Crippen LogP contribution in [0, 0.1) is 0 Å². The number of ether oxygens (including phenoxy) is 1. The summed E-state index contributed by atoms with van der Waals surface area (Å²) in [4.78, 5) is 42.1. The van der Waals surface area contributed by atoms with Crippen LogP contribution in [0.1, 0.15) is 23.7 Å². The van der Waals surface area contributed by atoms with Gasteiger partial charge in [0, 0.05) is 30.3 Å². The van der Waals surface area contributed by atoms with E-state index in [0.717, 1.165) is 11.8 Å². The van der Waals surface area contributed by atoms with Gasteiger partial charge in [0.15, 0.2) is 5.17 Å². The molecule has 2 aromatic carbocycles. The van der Waals surface area contributed by atoms with E-state index in [4.69, 9.17) is 16.7 Å². The van der Waals surface area contributed by atoms with E-state index in [9.17, 15) is 23.2 Å². The predicted molar refractivity (Wildman–Crippen MR) is 120 cm³/mol. The first-order valence-corrected chi connectivity index (χ1v) is 10.9. The second kappa shape index (κ2) is 10.2. The number of alkyl halides is 3. The number of aliphatic imine (C=N–C) groups is 1. The van der Waals surface area contributed by atoms with Crippen molar-refractivity contribution in [1.29, 1.82) is 0 Å². The van der Waals surface area contributed by atoms with Crippen LogP contribution in [0.25, 0.3) is 0 Å². The van der Waals surface area contributed by atoms with Crippen LogP contribution in [0.15, 0.2) is 53.5 Å². The maximum Gasteiger partial charge on any atom is 0.487 e. The number of nitrogens with one attached hydrogen (secondary N) is 1. The molecule has 0 saturated carbocycles. The number of hydrogen-bond donors (Lipinski definition) is 2. The molecule has 0 unspecified atom stereocenters. The van der Waals surface area contributed by atoms with Crippen LogP contribution in [0.3, 0.4) is 0 Å². The molecule has 2 N–H and O–H groups in total. The summed E-state index contributed by atoms with van der Waals surface area (Å²) in [7, 11) is 0. The summed E-state index contributed by atoms with van der Waals surface area (Å²) in [5.74, 6) is -1.98. The first-order chi connectivity index (χ1) is 15.6. The molecule has 0 aromatic heterocycles. The fraction of sp³-hybridized carbons (Fsp3) is 0.238. The van der Waals surface area contributed by atoms with Crippen molar-refractivity contribution in [2.24, 2.45) is 4.99 Å². The van der Waals surface area contributed by atoms with Gasteiger partial charge in [0.25, 0.3) is 0 Å². The Morgan fingerprint density at radius 3 is 2.42 bits per heavy atom. The number of rotatable bonds is 7. The van der Waals surface area contributed by atoms with Crippen LogP contribution in [-0.2, 0) is 9.59 Å². The fourth-order valence-electron chi connectivity index (χ4n) is 2.90. The molecule has 1 aliphatic rings. The molecule has 0 spiro atoms. The van der Waals surface area contributed by atoms with Crippen molar-refractivity contribution in [2.45, 2.75) is 24.2 Å². The normalized spacial score (nSPS) is 17.7.